The van der Waals surface area contributed by atoms with Crippen molar-refractivity contribution in [1.82, 2.24) is 9.21 Å². The van der Waals surface area contributed by atoms with E-state index in [9.17, 15) is 13.2 Å². The molecule has 1 amide bonds. The van der Waals surface area contributed by atoms with Gasteiger partial charge >= 0.3 is 0 Å². The molecule has 1 aromatic rings. The smallest absolute Gasteiger partial charge is 0.253 e. The summed E-state index contributed by atoms with van der Waals surface area (Å²) in [4.78, 5) is 14.7. The number of aryl methyl sites for hydroxylation is 1. The van der Waals surface area contributed by atoms with Gasteiger partial charge in [0.1, 0.15) is 0 Å². The molecule has 25 heavy (non-hydrogen) atoms. The number of hydrogen-bond donors (Lipinski definition) is 0. The molecule has 6 nitrogen and oxygen atoms in total. The highest BCUT2D eigenvalue weighted by Gasteiger charge is 2.28. The molecule has 140 valence electrons. The topological polar surface area (TPSA) is 66.9 Å². The third-order valence-electron chi connectivity index (χ3n) is 4.47. The van der Waals surface area contributed by atoms with Crippen molar-refractivity contribution in [2.24, 2.45) is 0 Å². The van der Waals surface area contributed by atoms with Gasteiger partial charge in [-0.05, 0) is 38.0 Å². The van der Waals surface area contributed by atoms with Crippen molar-refractivity contribution in [3.8, 4) is 0 Å². The van der Waals surface area contributed by atoms with Crippen LogP contribution in [0.25, 0.3) is 0 Å². The van der Waals surface area contributed by atoms with Crippen molar-refractivity contribution in [2.45, 2.75) is 38.5 Å². The molecule has 0 bridgehead atoms. The minimum atomic E-state index is -3.62. The van der Waals surface area contributed by atoms with E-state index in [0.717, 1.165) is 12.8 Å². The molecule has 7 heteroatoms. The molecule has 1 aromatic carbocycles. The molecule has 1 fully saturated rings. The summed E-state index contributed by atoms with van der Waals surface area (Å²) in [6.07, 6.45) is 1.94. The quantitative estimate of drug-likeness (QED) is 0.740. The molecule has 0 unspecified atom stereocenters. The molecule has 1 heterocycles. The molecule has 1 saturated heterocycles. The second-order valence-electron chi connectivity index (χ2n) is 6.24. The number of benzene rings is 1. The van der Waals surface area contributed by atoms with Crippen molar-refractivity contribution in [2.75, 3.05) is 39.4 Å². The SMILES string of the molecule is CCCCN(CC)C(=O)c1ccc(C)c(S(=O)(=O)N2CCOCC2)c1. The highest BCUT2D eigenvalue weighted by atomic mass is 32.2. The number of hydrogen-bond acceptors (Lipinski definition) is 4. The number of morpholine rings is 1. The summed E-state index contributed by atoms with van der Waals surface area (Å²) < 4.78 is 32.6. The number of amides is 1. The predicted molar refractivity (Wildman–Crippen MR) is 97.2 cm³/mol. The second-order valence-corrected chi connectivity index (χ2v) is 8.14. The van der Waals surface area contributed by atoms with Crippen LogP contribution in [0.1, 0.15) is 42.6 Å². The summed E-state index contributed by atoms with van der Waals surface area (Å²) in [6.45, 7) is 8.56. The van der Waals surface area contributed by atoms with Crippen molar-refractivity contribution >= 4 is 15.9 Å². The van der Waals surface area contributed by atoms with Gasteiger partial charge in [-0.2, -0.15) is 4.31 Å². The third kappa shape index (κ3) is 4.59. The van der Waals surface area contributed by atoms with E-state index in [1.54, 1.807) is 24.0 Å². The van der Waals surface area contributed by atoms with Crippen LogP contribution in [0.4, 0.5) is 0 Å². The molecule has 1 aliphatic rings. The monoisotopic (exact) mass is 368 g/mol. The first-order valence-electron chi connectivity index (χ1n) is 8.89. The highest BCUT2D eigenvalue weighted by Crippen LogP contribution is 2.23. The molecular weight excluding hydrogens is 340 g/mol. The molecule has 0 saturated carbocycles. The predicted octanol–water partition coefficient (Wildman–Crippen LogP) is 2.28. The number of unbranched alkanes of at least 4 members (excludes halogenated alkanes) is 1. The standard InChI is InChI=1S/C18H28N2O4S/c1-4-6-9-19(5-2)18(21)16-8-7-15(3)17(14-16)25(22,23)20-10-12-24-13-11-20/h7-8,14H,4-6,9-13H2,1-3H3. The van der Waals surface area contributed by atoms with Crippen molar-refractivity contribution in [1.29, 1.82) is 0 Å². The Kier molecular flexibility index (Phi) is 6.98. The lowest BCUT2D eigenvalue weighted by Crippen LogP contribution is -2.41. The molecule has 2 rings (SSSR count). The number of carbonyl (C=O) groups excluding carboxylic acids is 1. The highest BCUT2D eigenvalue weighted by molar-refractivity contribution is 7.89. The Morgan fingerprint density at radius 3 is 2.52 bits per heavy atom. The summed E-state index contributed by atoms with van der Waals surface area (Å²) in [6, 6.07) is 4.95. The number of sulfonamides is 1. The number of ether oxygens (including phenoxy) is 1. The molecule has 0 N–H and O–H groups in total. The summed E-state index contributed by atoms with van der Waals surface area (Å²) >= 11 is 0. The Hall–Kier alpha value is -1.44. The summed E-state index contributed by atoms with van der Waals surface area (Å²) in [5, 5.41) is 0. The molecule has 0 atom stereocenters. The largest absolute Gasteiger partial charge is 0.379 e. The summed E-state index contributed by atoms with van der Waals surface area (Å²) in [5.74, 6) is -0.116. The van der Waals surface area contributed by atoms with Gasteiger partial charge in [0.25, 0.3) is 5.91 Å². The fourth-order valence-electron chi connectivity index (χ4n) is 2.87. The first-order chi connectivity index (χ1) is 11.9. The maximum Gasteiger partial charge on any atom is 0.253 e. The van der Waals surface area contributed by atoms with Crippen molar-refractivity contribution in [3.63, 3.8) is 0 Å². The Morgan fingerprint density at radius 1 is 1.24 bits per heavy atom. The lowest BCUT2D eigenvalue weighted by molar-refractivity contribution is 0.0729. The van der Waals surface area contributed by atoms with Crippen LogP contribution in [0.15, 0.2) is 23.1 Å². The molecule has 0 radical (unpaired) electrons. The Balaban J connectivity index is 2.31. The van der Waals surface area contributed by atoms with Gasteiger partial charge in [-0.1, -0.05) is 19.4 Å². The first-order valence-corrected chi connectivity index (χ1v) is 10.3. The Labute approximate surface area is 150 Å². The van der Waals surface area contributed by atoms with Gasteiger partial charge in [0.05, 0.1) is 18.1 Å². The molecule has 0 spiro atoms. The van der Waals surface area contributed by atoms with Gasteiger partial charge in [-0.25, -0.2) is 8.42 Å². The van der Waals surface area contributed by atoms with Crippen LogP contribution < -0.4 is 0 Å². The first kappa shape index (κ1) is 19.9. The summed E-state index contributed by atoms with van der Waals surface area (Å²) in [7, 11) is -3.62. The van der Waals surface area contributed by atoms with Gasteiger partial charge < -0.3 is 9.64 Å². The molecule has 0 aromatic heterocycles. The lowest BCUT2D eigenvalue weighted by atomic mass is 10.1. The van der Waals surface area contributed by atoms with Gasteiger partial charge in [0, 0.05) is 31.7 Å². The van der Waals surface area contributed by atoms with Crippen LogP contribution in [0.5, 0.6) is 0 Å². The van der Waals surface area contributed by atoms with Gasteiger partial charge in [0.2, 0.25) is 10.0 Å². The van der Waals surface area contributed by atoms with E-state index in [4.69, 9.17) is 4.74 Å². The van der Waals surface area contributed by atoms with Gasteiger partial charge in [-0.15, -0.1) is 0 Å². The number of rotatable bonds is 7. The molecular formula is C18H28N2O4S. The van der Waals surface area contributed by atoms with Crippen LogP contribution in [0.2, 0.25) is 0 Å². The van der Waals surface area contributed by atoms with E-state index in [0.29, 0.717) is 50.5 Å². The van der Waals surface area contributed by atoms with Gasteiger partial charge in [0.15, 0.2) is 0 Å². The maximum atomic E-state index is 12.9. The number of nitrogens with zero attached hydrogens (tertiary/aromatic N) is 2. The van der Waals surface area contributed by atoms with Crippen LogP contribution in [-0.2, 0) is 14.8 Å². The van der Waals surface area contributed by atoms with Gasteiger partial charge in [-0.3, -0.25) is 4.79 Å². The fourth-order valence-corrected chi connectivity index (χ4v) is 4.53. The minimum absolute atomic E-state index is 0.116. The average molecular weight is 368 g/mol. The van der Waals surface area contributed by atoms with Crippen LogP contribution in [0.3, 0.4) is 0 Å². The van der Waals surface area contributed by atoms with Crippen LogP contribution >= 0.6 is 0 Å². The zero-order chi connectivity index (χ0) is 18.4. The third-order valence-corrected chi connectivity index (χ3v) is 6.51. The van der Waals surface area contributed by atoms with E-state index in [1.165, 1.54) is 10.4 Å². The zero-order valence-electron chi connectivity index (χ0n) is 15.3. The number of carbonyl (C=O) groups is 1. The van der Waals surface area contributed by atoms with E-state index >= 15 is 0 Å². The van der Waals surface area contributed by atoms with E-state index in [2.05, 4.69) is 6.92 Å². The normalized spacial score (nSPS) is 16.0. The van der Waals surface area contributed by atoms with Crippen LogP contribution in [-0.4, -0.2) is 62.9 Å². The van der Waals surface area contributed by atoms with Crippen molar-refractivity contribution in [3.05, 3.63) is 29.3 Å². The van der Waals surface area contributed by atoms with Crippen molar-refractivity contribution < 1.29 is 17.9 Å². The lowest BCUT2D eigenvalue weighted by Gasteiger charge is -2.27. The average Bonchev–Trinajstić information content (AvgIpc) is 2.63. The van der Waals surface area contributed by atoms with Crippen LogP contribution in [0, 0.1) is 6.92 Å². The van der Waals surface area contributed by atoms with E-state index in [-0.39, 0.29) is 10.8 Å². The summed E-state index contributed by atoms with van der Waals surface area (Å²) in [5.41, 5.74) is 1.08. The van der Waals surface area contributed by atoms with E-state index in [1.807, 2.05) is 6.92 Å². The fraction of sp³-hybridized carbons (Fsp3) is 0.611. The van der Waals surface area contributed by atoms with E-state index < -0.39 is 10.0 Å². The maximum absolute atomic E-state index is 12.9. The molecule has 0 aliphatic carbocycles. The zero-order valence-corrected chi connectivity index (χ0v) is 16.1. The molecule has 1 aliphatic heterocycles. The second kappa shape index (κ2) is 8.78. The minimum Gasteiger partial charge on any atom is -0.379 e. The Morgan fingerprint density at radius 2 is 1.92 bits per heavy atom. The Bertz CT molecular complexity index is 697.